The van der Waals surface area contributed by atoms with E-state index in [1.807, 2.05) is 13.0 Å². The molecule has 0 bridgehead atoms. The van der Waals surface area contributed by atoms with E-state index in [0.717, 1.165) is 57.8 Å². The highest BCUT2D eigenvalue weighted by molar-refractivity contribution is 5.69. The van der Waals surface area contributed by atoms with E-state index in [4.69, 9.17) is 4.74 Å². The number of ether oxygens (including phenoxy) is 1. The second-order valence-corrected chi connectivity index (χ2v) is 7.69. The van der Waals surface area contributed by atoms with E-state index in [1.165, 1.54) is 12.8 Å². The number of unbranched alkanes of at least 4 members (excludes halogenated alkanes) is 5. The molecule has 0 radical (unpaired) electrons. The van der Waals surface area contributed by atoms with Crippen LogP contribution in [0.25, 0.3) is 0 Å². The number of carbonyl (C=O) groups excluding carboxylic acids is 1. The van der Waals surface area contributed by atoms with Crippen molar-refractivity contribution in [2.24, 2.45) is 11.8 Å². The van der Waals surface area contributed by atoms with Gasteiger partial charge in [0.2, 0.25) is 0 Å². The van der Waals surface area contributed by atoms with Gasteiger partial charge in [-0.1, -0.05) is 57.6 Å². The summed E-state index contributed by atoms with van der Waals surface area (Å²) in [6.45, 7) is 4.47. The van der Waals surface area contributed by atoms with Crippen molar-refractivity contribution in [2.45, 2.75) is 103 Å². The topological polar surface area (TPSA) is 66.8 Å². The molecule has 0 saturated heterocycles. The van der Waals surface area contributed by atoms with Gasteiger partial charge in [-0.2, -0.15) is 0 Å². The number of aliphatic hydroxyl groups excluding tert-OH is 2. The molecular weight excluding hydrogens is 328 g/mol. The summed E-state index contributed by atoms with van der Waals surface area (Å²) in [5.41, 5.74) is 0. The van der Waals surface area contributed by atoms with E-state index >= 15 is 0 Å². The van der Waals surface area contributed by atoms with Gasteiger partial charge >= 0.3 is 5.97 Å². The molecule has 0 spiro atoms. The molecule has 0 heterocycles. The quantitative estimate of drug-likeness (QED) is 0.248. The van der Waals surface area contributed by atoms with E-state index in [0.29, 0.717) is 24.9 Å². The average molecular weight is 369 g/mol. The van der Waals surface area contributed by atoms with E-state index < -0.39 is 0 Å². The normalized spacial score (nSPS) is 23.3. The van der Waals surface area contributed by atoms with Gasteiger partial charge in [0.05, 0.1) is 18.8 Å². The maximum Gasteiger partial charge on any atom is 0.305 e. The lowest BCUT2D eigenvalue weighted by atomic mass is 9.85. The smallest absolute Gasteiger partial charge is 0.305 e. The molecule has 0 aromatic carbocycles. The van der Waals surface area contributed by atoms with Crippen molar-refractivity contribution in [3.05, 3.63) is 12.2 Å². The van der Waals surface area contributed by atoms with Gasteiger partial charge in [0.25, 0.3) is 0 Å². The van der Waals surface area contributed by atoms with Crippen LogP contribution in [0.5, 0.6) is 0 Å². The van der Waals surface area contributed by atoms with Crippen LogP contribution < -0.4 is 0 Å². The highest BCUT2D eigenvalue weighted by Gasteiger charge is 2.29. The second kappa shape index (κ2) is 14.2. The number of esters is 1. The third-order valence-corrected chi connectivity index (χ3v) is 5.49. The summed E-state index contributed by atoms with van der Waals surface area (Å²) in [6.07, 6.45) is 15.4. The van der Waals surface area contributed by atoms with Gasteiger partial charge in [-0.15, -0.1) is 0 Å². The molecule has 4 atom stereocenters. The first kappa shape index (κ1) is 23.2. The first-order chi connectivity index (χ1) is 12.6. The molecule has 1 aliphatic carbocycles. The van der Waals surface area contributed by atoms with Gasteiger partial charge in [0, 0.05) is 6.42 Å². The Kier molecular flexibility index (Phi) is 12.7. The Hall–Kier alpha value is -0.870. The number of rotatable bonds is 15. The fourth-order valence-electron chi connectivity index (χ4n) is 3.89. The Labute approximate surface area is 160 Å². The van der Waals surface area contributed by atoms with E-state index in [1.54, 1.807) is 0 Å². The zero-order valence-corrected chi connectivity index (χ0v) is 16.9. The Balaban J connectivity index is 2.16. The van der Waals surface area contributed by atoms with Crippen LogP contribution in [0.4, 0.5) is 0 Å². The van der Waals surface area contributed by atoms with Gasteiger partial charge in [0.15, 0.2) is 0 Å². The largest absolute Gasteiger partial charge is 0.466 e. The Morgan fingerprint density at radius 1 is 1.00 bits per heavy atom. The average Bonchev–Trinajstić information content (AvgIpc) is 2.96. The lowest BCUT2D eigenvalue weighted by Crippen LogP contribution is -2.21. The zero-order chi connectivity index (χ0) is 19.2. The molecule has 4 nitrogen and oxygen atoms in total. The molecule has 152 valence electrons. The minimum atomic E-state index is -0.336. The summed E-state index contributed by atoms with van der Waals surface area (Å²) < 4.78 is 4.93. The molecule has 2 N–H and O–H groups in total. The minimum Gasteiger partial charge on any atom is -0.466 e. The van der Waals surface area contributed by atoms with Crippen molar-refractivity contribution < 1.29 is 19.7 Å². The predicted octanol–water partition coefficient (Wildman–Crippen LogP) is 4.77. The van der Waals surface area contributed by atoms with Crippen molar-refractivity contribution in [3.8, 4) is 0 Å². The molecule has 1 aliphatic rings. The maximum absolute atomic E-state index is 11.3. The van der Waals surface area contributed by atoms with Gasteiger partial charge in [-0.3, -0.25) is 4.79 Å². The second-order valence-electron chi connectivity index (χ2n) is 7.69. The summed E-state index contributed by atoms with van der Waals surface area (Å²) in [4.78, 5) is 11.3. The van der Waals surface area contributed by atoms with Crippen molar-refractivity contribution >= 4 is 5.97 Å². The predicted molar refractivity (Wildman–Crippen MR) is 106 cm³/mol. The fourth-order valence-corrected chi connectivity index (χ4v) is 3.89. The molecule has 0 saturated carbocycles. The van der Waals surface area contributed by atoms with Gasteiger partial charge in [-0.05, 0) is 50.9 Å². The number of hydrogen-bond acceptors (Lipinski definition) is 4. The van der Waals surface area contributed by atoms with Crippen LogP contribution in [0, 0.1) is 11.8 Å². The molecule has 1 rings (SSSR count). The molecule has 0 aromatic rings. The Bertz CT molecular complexity index is 394. The number of hydrogen-bond donors (Lipinski definition) is 2. The molecule has 0 aromatic heterocycles. The van der Waals surface area contributed by atoms with Crippen LogP contribution in [0.15, 0.2) is 12.2 Å². The molecule has 0 amide bonds. The molecule has 26 heavy (non-hydrogen) atoms. The summed E-state index contributed by atoms with van der Waals surface area (Å²) >= 11 is 0. The van der Waals surface area contributed by atoms with Crippen LogP contribution in [0.2, 0.25) is 0 Å². The lowest BCUT2D eigenvalue weighted by Gasteiger charge is -2.23. The van der Waals surface area contributed by atoms with Crippen molar-refractivity contribution in [1.29, 1.82) is 0 Å². The lowest BCUT2D eigenvalue weighted by molar-refractivity contribution is -0.143. The number of carbonyl (C=O) groups is 1. The van der Waals surface area contributed by atoms with Crippen LogP contribution in [0.1, 0.15) is 90.9 Å². The summed E-state index contributed by atoms with van der Waals surface area (Å²) in [6, 6.07) is 0. The Morgan fingerprint density at radius 2 is 1.77 bits per heavy atom. The molecule has 1 unspecified atom stereocenters. The molecule has 4 heteroatoms. The first-order valence-corrected chi connectivity index (χ1v) is 10.8. The monoisotopic (exact) mass is 368 g/mol. The zero-order valence-electron chi connectivity index (χ0n) is 16.9. The van der Waals surface area contributed by atoms with Gasteiger partial charge < -0.3 is 14.9 Å². The van der Waals surface area contributed by atoms with E-state index in [-0.39, 0.29) is 18.2 Å². The maximum atomic E-state index is 11.3. The number of aliphatic hydroxyl groups is 2. The summed E-state index contributed by atoms with van der Waals surface area (Å²) in [7, 11) is 0. The van der Waals surface area contributed by atoms with Crippen molar-refractivity contribution in [3.63, 3.8) is 0 Å². The van der Waals surface area contributed by atoms with E-state index in [2.05, 4.69) is 13.0 Å². The number of allylic oxidation sites excluding steroid dienone is 1. The SMILES string of the molecule is CCCCCC(O)CC[C@H]1C=C[C@H](O)[C@H]1CCCCCCC(=O)OCC. The van der Waals surface area contributed by atoms with Crippen LogP contribution in [-0.2, 0) is 9.53 Å². The van der Waals surface area contributed by atoms with Crippen LogP contribution >= 0.6 is 0 Å². The van der Waals surface area contributed by atoms with Crippen molar-refractivity contribution in [1.82, 2.24) is 0 Å². The van der Waals surface area contributed by atoms with Gasteiger partial charge in [-0.25, -0.2) is 0 Å². The fraction of sp³-hybridized carbons (Fsp3) is 0.864. The molecule has 0 fully saturated rings. The Morgan fingerprint density at radius 3 is 2.50 bits per heavy atom. The van der Waals surface area contributed by atoms with Crippen molar-refractivity contribution in [2.75, 3.05) is 6.61 Å². The summed E-state index contributed by atoms with van der Waals surface area (Å²) in [5.74, 6) is 0.591. The highest BCUT2D eigenvalue weighted by atomic mass is 16.5. The third-order valence-electron chi connectivity index (χ3n) is 5.49. The highest BCUT2D eigenvalue weighted by Crippen LogP contribution is 2.34. The third kappa shape index (κ3) is 9.72. The molecular formula is C22H40O4. The van der Waals surface area contributed by atoms with Crippen LogP contribution in [0.3, 0.4) is 0 Å². The first-order valence-electron chi connectivity index (χ1n) is 10.8. The minimum absolute atomic E-state index is 0.0968. The summed E-state index contributed by atoms with van der Waals surface area (Å²) in [5, 5.41) is 20.3. The van der Waals surface area contributed by atoms with E-state index in [9.17, 15) is 15.0 Å². The van der Waals surface area contributed by atoms with Crippen LogP contribution in [-0.4, -0.2) is 35.0 Å². The van der Waals surface area contributed by atoms with Gasteiger partial charge in [0.1, 0.15) is 0 Å². The molecule has 0 aliphatic heterocycles. The standard InChI is InChI=1S/C22H40O4/c1-3-5-8-11-19(23)16-14-18-15-17-21(24)20(18)12-9-6-7-10-13-22(25)26-4-2/h15,17-21,23-24H,3-14,16H2,1-2H3/t18-,19?,20-,21-/m0/s1.